The van der Waals surface area contributed by atoms with Crippen molar-refractivity contribution in [2.75, 3.05) is 61.9 Å². The van der Waals surface area contributed by atoms with E-state index in [1.807, 2.05) is 37.3 Å². The zero-order valence-corrected chi connectivity index (χ0v) is 44.1. The predicted octanol–water partition coefficient (Wildman–Crippen LogP) is 7.06. The largest absolute Gasteiger partial charge is 0.493 e. The van der Waals surface area contributed by atoms with Crippen molar-refractivity contribution in [3.8, 4) is 40.2 Å². The standard InChI is InChI=1S/C57H68N4O15/c1-7-39(37-32-47(71-4)52(73-6)48(33-37)72-5)54(65)60-29-12-10-16-42(60)57(68)76-43(25-18-35-19-26-44(69-2)46(31-35)70-3)36-20-22-38(23-21-36)75-34-50(63)58-28-11-8-9-13-30-74-45-17-14-15-40-51(45)56(67)61(55(40)66)41-24-27-49(62)59-53(41)64/h14-15,17,19-23,26,31-33,39,41-43H,7-13,16,18,24-25,27-30,34H2,1-6H3,(H,58,63)(H,59,62,64)/t39-,41?,42-,43+/m0/s1. The SMILES string of the molecule is CC[C@H](C(=O)N1CCCC[C@H]1C(=O)O[C@H](CCc1ccc(OC)c(OC)c1)c1ccc(OCC(=O)NCCCCCCOc2cccc3c2C(=O)N(C2CCC(=O)NC2=O)C3=O)cc1)c1cc(OC)c(OC)c(OC)c1. The van der Waals surface area contributed by atoms with Gasteiger partial charge in [-0.25, -0.2) is 4.79 Å². The highest BCUT2D eigenvalue weighted by molar-refractivity contribution is 6.24. The van der Waals surface area contributed by atoms with Gasteiger partial charge in [0.25, 0.3) is 17.7 Å². The van der Waals surface area contributed by atoms with Gasteiger partial charge in [-0.15, -0.1) is 0 Å². The van der Waals surface area contributed by atoms with E-state index in [0.717, 1.165) is 36.1 Å². The number of hydrogen-bond donors (Lipinski definition) is 2. The van der Waals surface area contributed by atoms with Gasteiger partial charge in [-0.1, -0.05) is 44.0 Å². The summed E-state index contributed by atoms with van der Waals surface area (Å²) in [5.41, 5.74) is 2.60. The van der Waals surface area contributed by atoms with Crippen LogP contribution in [0.1, 0.15) is 127 Å². The molecule has 19 nitrogen and oxygen atoms in total. The zero-order chi connectivity index (χ0) is 54.3. The van der Waals surface area contributed by atoms with Gasteiger partial charge in [0.05, 0.1) is 59.2 Å². The first-order chi connectivity index (χ1) is 36.8. The summed E-state index contributed by atoms with van der Waals surface area (Å²) in [6, 6.07) is 19.2. The number of nitrogens with one attached hydrogen (secondary N) is 2. The minimum Gasteiger partial charge on any atom is -0.493 e. The molecule has 4 atom stereocenters. The van der Waals surface area contributed by atoms with E-state index in [9.17, 15) is 33.6 Å². The van der Waals surface area contributed by atoms with Gasteiger partial charge >= 0.3 is 5.97 Å². The van der Waals surface area contributed by atoms with Gasteiger partial charge in [-0.3, -0.25) is 39.0 Å². The third-order valence-corrected chi connectivity index (χ3v) is 14.0. The molecular weight excluding hydrogens is 981 g/mol. The van der Waals surface area contributed by atoms with Crippen LogP contribution in [0.15, 0.2) is 72.8 Å². The minimum absolute atomic E-state index is 0.0327. The molecule has 4 aromatic rings. The lowest BCUT2D eigenvalue weighted by Crippen LogP contribution is -2.54. The van der Waals surface area contributed by atoms with Crippen molar-refractivity contribution < 1.29 is 71.5 Å². The number of nitrogens with zero attached hydrogens (tertiary/aromatic N) is 2. The molecule has 406 valence electrons. The molecule has 3 heterocycles. The first-order valence-corrected chi connectivity index (χ1v) is 25.8. The number of imide groups is 2. The van der Waals surface area contributed by atoms with Crippen LogP contribution in [0, 0.1) is 0 Å². The van der Waals surface area contributed by atoms with Crippen LogP contribution in [0.4, 0.5) is 0 Å². The molecule has 2 saturated heterocycles. The summed E-state index contributed by atoms with van der Waals surface area (Å²) in [6.45, 7) is 2.83. The second kappa shape index (κ2) is 26.6. The van der Waals surface area contributed by atoms with Gasteiger partial charge in [0.1, 0.15) is 29.7 Å². The normalized spacial score (nSPS) is 17.0. The monoisotopic (exact) mass is 1050 g/mol. The molecule has 0 saturated carbocycles. The molecule has 4 aromatic carbocycles. The molecule has 1 unspecified atom stereocenters. The van der Waals surface area contributed by atoms with Crippen LogP contribution in [-0.2, 0) is 35.1 Å². The molecule has 19 heteroatoms. The number of piperidine rings is 2. The highest BCUT2D eigenvalue weighted by Gasteiger charge is 2.46. The van der Waals surface area contributed by atoms with Crippen LogP contribution in [0.25, 0.3) is 0 Å². The number of likely N-dealkylation sites (tertiary alicyclic amines) is 1. The van der Waals surface area contributed by atoms with Crippen molar-refractivity contribution in [2.45, 2.75) is 108 Å². The molecule has 3 aliphatic heterocycles. The zero-order valence-electron chi connectivity index (χ0n) is 44.1. The quantitative estimate of drug-likeness (QED) is 0.0365. The second-order valence-electron chi connectivity index (χ2n) is 18.7. The summed E-state index contributed by atoms with van der Waals surface area (Å²) in [5, 5.41) is 5.08. The number of aryl methyl sites for hydroxylation is 1. The first-order valence-electron chi connectivity index (χ1n) is 25.8. The summed E-state index contributed by atoms with van der Waals surface area (Å²) < 4.78 is 45.9. The van der Waals surface area contributed by atoms with Gasteiger partial charge in [0, 0.05) is 19.5 Å². The van der Waals surface area contributed by atoms with Crippen molar-refractivity contribution in [2.24, 2.45) is 0 Å². The van der Waals surface area contributed by atoms with Crippen molar-refractivity contribution >= 4 is 41.4 Å². The van der Waals surface area contributed by atoms with Gasteiger partial charge < -0.3 is 48.1 Å². The number of fused-ring (bicyclic) bond motifs is 1. The Balaban J connectivity index is 0.908. The van der Waals surface area contributed by atoms with Crippen LogP contribution < -0.4 is 43.8 Å². The lowest BCUT2D eigenvalue weighted by Gasteiger charge is -2.37. The van der Waals surface area contributed by atoms with Gasteiger partial charge in [-0.2, -0.15) is 0 Å². The Labute approximate surface area is 442 Å². The Morgan fingerprint density at radius 3 is 2.13 bits per heavy atom. The molecule has 76 heavy (non-hydrogen) atoms. The average Bonchev–Trinajstić information content (AvgIpc) is 3.70. The smallest absolute Gasteiger partial charge is 0.329 e. The van der Waals surface area contributed by atoms with E-state index in [1.54, 1.807) is 55.5 Å². The summed E-state index contributed by atoms with van der Waals surface area (Å²) in [5.74, 6) is -0.746. The van der Waals surface area contributed by atoms with E-state index in [1.165, 1.54) is 27.4 Å². The molecular formula is C57H68N4O15. The van der Waals surface area contributed by atoms with Crippen LogP contribution in [0.2, 0.25) is 0 Å². The molecule has 2 N–H and O–H groups in total. The van der Waals surface area contributed by atoms with E-state index < -0.39 is 53.7 Å². The molecule has 0 aliphatic carbocycles. The number of carbonyl (C=O) groups is 7. The van der Waals surface area contributed by atoms with Crippen molar-refractivity contribution in [3.05, 3.63) is 101 Å². The van der Waals surface area contributed by atoms with Crippen molar-refractivity contribution in [3.63, 3.8) is 0 Å². The molecule has 3 aliphatic rings. The summed E-state index contributed by atoms with van der Waals surface area (Å²) in [7, 11) is 7.71. The second-order valence-corrected chi connectivity index (χ2v) is 18.7. The van der Waals surface area contributed by atoms with Gasteiger partial charge in [-0.05, 0) is 123 Å². The average molecular weight is 1050 g/mol. The highest BCUT2D eigenvalue weighted by atomic mass is 16.5. The van der Waals surface area contributed by atoms with E-state index in [-0.39, 0.29) is 54.7 Å². The van der Waals surface area contributed by atoms with Crippen LogP contribution in [0.5, 0.6) is 40.2 Å². The third-order valence-electron chi connectivity index (χ3n) is 14.0. The maximum atomic E-state index is 14.5. The first kappa shape index (κ1) is 55.9. The predicted molar refractivity (Wildman–Crippen MR) is 277 cm³/mol. The summed E-state index contributed by atoms with van der Waals surface area (Å²) >= 11 is 0. The Hall–Kier alpha value is -7.83. The number of ether oxygens (including phenoxy) is 8. The van der Waals surface area contributed by atoms with Crippen LogP contribution in [0.3, 0.4) is 0 Å². The molecule has 2 fully saturated rings. The number of methoxy groups -OCH3 is 5. The number of unbranched alkanes of at least 4 members (excludes halogenated alkanes) is 3. The van der Waals surface area contributed by atoms with Gasteiger partial charge in [0.2, 0.25) is 23.5 Å². The van der Waals surface area contributed by atoms with Crippen molar-refractivity contribution in [1.82, 2.24) is 20.4 Å². The van der Waals surface area contributed by atoms with Crippen LogP contribution >= 0.6 is 0 Å². The number of rotatable bonds is 26. The fourth-order valence-corrected chi connectivity index (χ4v) is 9.92. The topological polar surface area (TPSA) is 224 Å². The number of benzene rings is 4. The fourth-order valence-electron chi connectivity index (χ4n) is 9.92. The molecule has 0 spiro atoms. The molecule has 6 amide bonds. The van der Waals surface area contributed by atoms with Gasteiger partial charge in [0.15, 0.2) is 29.6 Å². The molecule has 0 bridgehead atoms. The third kappa shape index (κ3) is 13.2. The lowest BCUT2D eigenvalue weighted by molar-refractivity contribution is -0.162. The van der Waals surface area contributed by atoms with E-state index in [0.29, 0.717) is 97.2 Å². The molecule has 0 radical (unpaired) electrons. The summed E-state index contributed by atoms with van der Waals surface area (Å²) in [4.78, 5) is 94.8. The van der Waals surface area contributed by atoms with Crippen molar-refractivity contribution in [1.29, 1.82) is 0 Å². The van der Waals surface area contributed by atoms with Crippen LogP contribution in [-0.4, -0.2) is 125 Å². The maximum Gasteiger partial charge on any atom is 0.329 e. The number of carbonyl (C=O) groups excluding carboxylic acids is 7. The number of amides is 6. The fraction of sp³-hybridized carbons (Fsp3) is 0.456. The number of esters is 1. The minimum atomic E-state index is -1.06. The maximum absolute atomic E-state index is 14.5. The Morgan fingerprint density at radius 1 is 0.724 bits per heavy atom. The highest BCUT2D eigenvalue weighted by Crippen LogP contribution is 2.42. The number of hydrogen-bond acceptors (Lipinski definition) is 15. The Morgan fingerprint density at radius 2 is 1.45 bits per heavy atom. The summed E-state index contributed by atoms with van der Waals surface area (Å²) in [6.07, 6.45) is 5.67. The van der Waals surface area contributed by atoms with E-state index in [4.69, 9.17) is 37.9 Å². The Bertz CT molecular complexity index is 2720. The molecule has 0 aromatic heterocycles. The lowest BCUT2D eigenvalue weighted by atomic mass is 9.91. The molecule has 7 rings (SSSR count). The Kier molecular flexibility index (Phi) is 19.6. The van der Waals surface area contributed by atoms with E-state index in [2.05, 4.69) is 10.6 Å². The van der Waals surface area contributed by atoms with E-state index >= 15 is 0 Å².